The zero-order chi connectivity index (χ0) is 12.8. The summed E-state index contributed by atoms with van der Waals surface area (Å²) >= 11 is 0. The van der Waals surface area contributed by atoms with Crippen LogP contribution >= 0.6 is 0 Å². The Labute approximate surface area is 107 Å². The van der Waals surface area contributed by atoms with Crippen LogP contribution in [0.4, 0.5) is 0 Å². The van der Waals surface area contributed by atoms with Crippen molar-refractivity contribution in [3.63, 3.8) is 0 Å². The molecule has 1 heterocycles. The molecule has 3 nitrogen and oxygen atoms in total. The summed E-state index contributed by atoms with van der Waals surface area (Å²) in [5.41, 5.74) is 2.02. The van der Waals surface area contributed by atoms with Crippen molar-refractivity contribution in [1.82, 2.24) is 9.78 Å². The molecule has 0 amide bonds. The number of aromatic nitrogens is 2. The van der Waals surface area contributed by atoms with E-state index in [2.05, 4.69) is 12.0 Å². The fourth-order valence-corrected chi connectivity index (χ4v) is 2.06. The van der Waals surface area contributed by atoms with Crippen LogP contribution in [0.25, 0.3) is 11.3 Å². The Morgan fingerprint density at radius 3 is 2.61 bits per heavy atom. The van der Waals surface area contributed by atoms with Gasteiger partial charge in [0, 0.05) is 12.6 Å². The number of nitrogens with one attached hydrogen (secondary N) is 1. The third-order valence-electron chi connectivity index (χ3n) is 3.11. The largest absolute Gasteiger partial charge is 0.295 e. The first kappa shape index (κ1) is 12.7. The van der Waals surface area contributed by atoms with Crippen LogP contribution in [0, 0.1) is 0 Å². The van der Waals surface area contributed by atoms with Crippen molar-refractivity contribution in [3.8, 4) is 11.3 Å². The van der Waals surface area contributed by atoms with Crippen LogP contribution in [0.3, 0.4) is 0 Å². The summed E-state index contributed by atoms with van der Waals surface area (Å²) < 4.78 is 1.71. The molecule has 0 atom stereocenters. The van der Waals surface area contributed by atoms with Crippen molar-refractivity contribution in [2.75, 3.05) is 0 Å². The van der Waals surface area contributed by atoms with Gasteiger partial charge in [-0.05, 0) is 12.0 Å². The maximum Gasteiger partial charge on any atom is 0.267 e. The van der Waals surface area contributed by atoms with Gasteiger partial charge in [-0.1, -0.05) is 56.5 Å². The topological polar surface area (TPSA) is 37.8 Å². The molecule has 0 saturated heterocycles. The number of nitrogens with zero attached hydrogens (tertiary/aromatic N) is 1. The number of H-pyrrole nitrogens is 1. The predicted octanol–water partition coefficient (Wildman–Crippen LogP) is 3.42. The number of aromatic amines is 1. The molecule has 96 valence electrons. The lowest BCUT2D eigenvalue weighted by Crippen LogP contribution is -2.15. The average molecular weight is 244 g/mol. The summed E-state index contributed by atoms with van der Waals surface area (Å²) in [4.78, 5) is 11.8. The number of benzene rings is 1. The molecule has 1 N–H and O–H groups in total. The fourth-order valence-electron chi connectivity index (χ4n) is 2.06. The average Bonchev–Trinajstić information content (AvgIpc) is 2.77. The summed E-state index contributed by atoms with van der Waals surface area (Å²) in [5.74, 6) is 0. The molecule has 0 aliphatic carbocycles. The number of hydrogen-bond acceptors (Lipinski definition) is 1. The van der Waals surface area contributed by atoms with Gasteiger partial charge in [0.1, 0.15) is 0 Å². The number of rotatable bonds is 6. The molecule has 1 aromatic heterocycles. The van der Waals surface area contributed by atoms with Crippen LogP contribution in [0.2, 0.25) is 0 Å². The van der Waals surface area contributed by atoms with Gasteiger partial charge in [-0.15, -0.1) is 0 Å². The molecule has 0 saturated carbocycles. The first-order chi connectivity index (χ1) is 8.81. The highest BCUT2D eigenvalue weighted by atomic mass is 16.1. The SMILES string of the molecule is CCCCCCn1[nH]c(-c2ccccc2)cc1=O. The van der Waals surface area contributed by atoms with Gasteiger partial charge < -0.3 is 0 Å². The molecule has 0 fully saturated rings. The van der Waals surface area contributed by atoms with Crippen molar-refractivity contribution in [2.24, 2.45) is 0 Å². The van der Waals surface area contributed by atoms with Gasteiger partial charge in [-0.25, -0.2) is 0 Å². The fraction of sp³-hybridized carbons (Fsp3) is 0.400. The normalized spacial score (nSPS) is 10.7. The van der Waals surface area contributed by atoms with E-state index in [-0.39, 0.29) is 5.56 Å². The van der Waals surface area contributed by atoms with Crippen LogP contribution in [-0.4, -0.2) is 9.78 Å². The van der Waals surface area contributed by atoms with Gasteiger partial charge in [0.2, 0.25) is 0 Å². The van der Waals surface area contributed by atoms with E-state index in [0.717, 1.165) is 24.2 Å². The van der Waals surface area contributed by atoms with Gasteiger partial charge in [0.05, 0.1) is 5.69 Å². The Bertz CT molecular complexity index is 525. The van der Waals surface area contributed by atoms with Crippen molar-refractivity contribution < 1.29 is 0 Å². The molecule has 0 spiro atoms. The molecular weight excluding hydrogens is 224 g/mol. The van der Waals surface area contributed by atoms with E-state index in [1.807, 2.05) is 30.3 Å². The lowest BCUT2D eigenvalue weighted by atomic mass is 10.2. The van der Waals surface area contributed by atoms with Gasteiger partial charge >= 0.3 is 0 Å². The third-order valence-corrected chi connectivity index (χ3v) is 3.11. The van der Waals surface area contributed by atoms with E-state index < -0.39 is 0 Å². The molecule has 18 heavy (non-hydrogen) atoms. The molecule has 2 aromatic rings. The summed E-state index contributed by atoms with van der Waals surface area (Å²) in [5, 5.41) is 3.18. The first-order valence-corrected chi connectivity index (χ1v) is 6.66. The van der Waals surface area contributed by atoms with Crippen LogP contribution < -0.4 is 5.56 Å². The number of unbranched alkanes of at least 4 members (excludes halogenated alkanes) is 3. The quantitative estimate of drug-likeness (QED) is 0.777. The molecule has 1 aromatic carbocycles. The maximum absolute atomic E-state index is 11.8. The highest BCUT2D eigenvalue weighted by Crippen LogP contribution is 2.14. The molecule has 0 aliphatic rings. The minimum atomic E-state index is 0.0605. The van der Waals surface area contributed by atoms with Crippen LogP contribution in [0.15, 0.2) is 41.2 Å². The molecule has 2 rings (SSSR count). The lowest BCUT2D eigenvalue weighted by Gasteiger charge is -2.02. The second-order valence-corrected chi connectivity index (χ2v) is 4.59. The number of hydrogen-bond donors (Lipinski definition) is 1. The lowest BCUT2D eigenvalue weighted by molar-refractivity contribution is 0.531. The van der Waals surface area contributed by atoms with Crippen LogP contribution in [-0.2, 0) is 6.54 Å². The van der Waals surface area contributed by atoms with Gasteiger partial charge in [-0.2, -0.15) is 0 Å². The monoisotopic (exact) mass is 244 g/mol. The van der Waals surface area contributed by atoms with Crippen molar-refractivity contribution in [1.29, 1.82) is 0 Å². The van der Waals surface area contributed by atoms with Crippen LogP contribution in [0.5, 0.6) is 0 Å². The van der Waals surface area contributed by atoms with Crippen molar-refractivity contribution in [2.45, 2.75) is 39.2 Å². The zero-order valence-corrected chi connectivity index (χ0v) is 10.9. The molecule has 0 bridgehead atoms. The molecule has 0 unspecified atom stereocenters. The highest BCUT2D eigenvalue weighted by Gasteiger charge is 2.04. The Morgan fingerprint density at radius 2 is 1.89 bits per heavy atom. The maximum atomic E-state index is 11.8. The number of aryl methyl sites for hydroxylation is 1. The second kappa shape index (κ2) is 6.24. The van der Waals surface area contributed by atoms with Gasteiger partial charge in [-0.3, -0.25) is 14.6 Å². The van der Waals surface area contributed by atoms with Crippen molar-refractivity contribution >= 4 is 0 Å². The van der Waals surface area contributed by atoms with Crippen molar-refractivity contribution in [3.05, 3.63) is 46.8 Å². The smallest absolute Gasteiger partial charge is 0.267 e. The Balaban J connectivity index is 2.06. The third kappa shape index (κ3) is 3.13. The minimum Gasteiger partial charge on any atom is -0.295 e. The highest BCUT2D eigenvalue weighted by molar-refractivity contribution is 5.57. The molecule has 0 radical (unpaired) electrons. The van der Waals surface area contributed by atoms with E-state index in [1.54, 1.807) is 10.7 Å². The summed E-state index contributed by atoms with van der Waals surface area (Å²) in [6.07, 6.45) is 4.70. The van der Waals surface area contributed by atoms with Gasteiger partial charge in [0.25, 0.3) is 5.56 Å². The standard InChI is InChI=1S/C15H20N2O/c1-2-3-4-8-11-17-15(18)12-14(16-17)13-9-6-5-7-10-13/h5-7,9-10,12,16H,2-4,8,11H2,1H3. The van der Waals surface area contributed by atoms with E-state index >= 15 is 0 Å². The van der Waals surface area contributed by atoms with E-state index in [1.165, 1.54) is 19.3 Å². The minimum absolute atomic E-state index is 0.0605. The first-order valence-electron chi connectivity index (χ1n) is 6.66. The summed E-state index contributed by atoms with van der Waals surface area (Å²) in [7, 11) is 0. The van der Waals surface area contributed by atoms with E-state index in [9.17, 15) is 4.79 Å². The molecular formula is C15H20N2O. The van der Waals surface area contributed by atoms with E-state index in [4.69, 9.17) is 0 Å². The molecule has 3 heteroatoms. The second-order valence-electron chi connectivity index (χ2n) is 4.59. The Morgan fingerprint density at radius 1 is 1.11 bits per heavy atom. The summed E-state index contributed by atoms with van der Waals surface area (Å²) in [6.45, 7) is 2.97. The zero-order valence-electron chi connectivity index (χ0n) is 10.9. The van der Waals surface area contributed by atoms with E-state index in [0.29, 0.717) is 0 Å². The Kier molecular flexibility index (Phi) is 4.40. The summed E-state index contributed by atoms with van der Waals surface area (Å²) in [6, 6.07) is 11.6. The molecule has 0 aliphatic heterocycles. The van der Waals surface area contributed by atoms with Gasteiger partial charge in [0.15, 0.2) is 0 Å². The Hall–Kier alpha value is -1.77. The predicted molar refractivity (Wildman–Crippen MR) is 74.6 cm³/mol. The van der Waals surface area contributed by atoms with Crippen LogP contribution in [0.1, 0.15) is 32.6 Å².